The molecule has 20 heavy (non-hydrogen) atoms. The van der Waals surface area contributed by atoms with Crippen LogP contribution in [0.1, 0.15) is 30.9 Å². The van der Waals surface area contributed by atoms with Crippen molar-refractivity contribution in [3.8, 4) is 0 Å². The topological polar surface area (TPSA) is 68.0 Å². The molecule has 2 aliphatic rings. The standard InChI is InChI=1S/C14H17N3O3/c18-17(19)12-6-4-11(5-7-12)13-10-15-14(20-13)16-8-2-1-3-9-16/h4-7,13H,1-3,8-10H2. The molecule has 1 unspecified atom stereocenters. The SMILES string of the molecule is O=[N+]([O-])c1ccc(C2CN=C(N3CCCCC3)O2)cc1. The number of nitrogens with zero attached hydrogens (tertiary/aromatic N) is 3. The van der Waals surface area contributed by atoms with E-state index in [1.165, 1.54) is 31.4 Å². The zero-order valence-corrected chi connectivity index (χ0v) is 11.2. The van der Waals surface area contributed by atoms with E-state index in [1.54, 1.807) is 12.1 Å². The number of likely N-dealkylation sites (tertiary alicyclic amines) is 1. The fraction of sp³-hybridized carbons (Fsp3) is 0.500. The number of benzene rings is 1. The number of rotatable bonds is 2. The molecule has 0 N–H and O–H groups in total. The van der Waals surface area contributed by atoms with Gasteiger partial charge in [0, 0.05) is 25.2 Å². The largest absolute Gasteiger partial charge is 0.455 e. The first-order valence-electron chi connectivity index (χ1n) is 6.94. The van der Waals surface area contributed by atoms with Gasteiger partial charge in [0.15, 0.2) is 0 Å². The fourth-order valence-corrected chi connectivity index (χ4v) is 2.61. The van der Waals surface area contributed by atoms with E-state index in [9.17, 15) is 10.1 Å². The highest BCUT2D eigenvalue weighted by Crippen LogP contribution is 2.26. The van der Waals surface area contributed by atoms with Crippen molar-refractivity contribution in [3.63, 3.8) is 0 Å². The van der Waals surface area contributed by atoms with E-state index in [0.29, 0.717) is 6.54 Å². The van der Waals surface area contributed by atoms with Crippen molar-refractivity contribution in [1.29, 1.82) is 0 Å². The molecule has 6 heteroatoms. The van der Waals surface area contributed by atoms with Gasteiger partial charge in [0.05, 0.1) is 11.5 Å². The van der Waals surface area contributed by atoms with Crippen molar-refractivity contribution in [2.75, 3.05) is 19.6 Å². The Balaban J connectivity index is 1.64. The molecular formula is C14H17N3O3. The van der Waals surface area contributed by atoms with Crippen LogP contribution in [0.2, 0.25) is 0 Å². The molecule has 1 saturated heterocycles. The van der Waals surface area contributed by atoms with Crippen molar-refractivity contribution in [2.24, 2.45) is 4.99 Å². The van der Waals surface area contributed by atoms with Gasteiger partial charge in [-0.2, -0.15) is 0 Å². The summed E-state index contributed by atoms with van der Waals surface area (Å²) in [6, 6.07) is 7.25. The molecule has 106 valence electrons. The highest BCUT2D eigenvalue weighted by Gasteiger charge is 2.26. The maximum atomic E-state index is 10.6. The molecule has 3 rings (SSSR count). The summed E-state index contributed by atoms with van der Waals surface area (Å²) < 4.78 is 5.89. The Morgan fingerprint density at radius 3 is 2.55 bits per heavy atom. The van der Waals surface area contributed by atoms with E-state index < -0.39 is 4.92 Å². The van der Waals surface area contributed by atoms with Crippen LogP contribution in [0, 0.1) is 10.1 Å². The third kappa shape index (κ3) is 2.59. The molecule has 0 spiro atoms. The van der Waals surface area contributed by atoms with Crippen LogP contribution >= 0.6 is 0 Å². The molecule has 1 aromatic carbocycles. The smallest absolute Gasteiger partial charge is 0.288 e. The van der Waals surface area contributed by atoms with Crippen molar-refractivity contribution in [3.05, 3.63) is 39.9 Å². The average molecular weight is 275 g/mol. The molecule has 0 saturated carbocycles. The predicted molar refractivity (Wildman–Crippen MR) is 74.6 cm³/mol. The average Bonchev–Trinajstić information content (AvgIpc) is 2.98. The summed E-state index contributed by atoms with van der Waals surface area (Å²) in [5, 5.41) is 10.6. The quantitative estimate of drug-likeness (QED) is 0.614. The summed E-state index contributed by atoms with van der Waals surface area (Å²) >= 11 is 0. The zero-order chi connectivity index (χ0) is 13.9. The minimum Gasteiger partial charge on any atom is -0.455 e. The minimum atomic E-state index is -0.394. The van der Waals surface area contributed by atoms with Crippen LogP contribution < -0.4 is 0 Å². The zero-order valence-electron chi connectivity index (χ0n) is 11.2. The second-order valence-corrected chi connectivity index (χ2v) is 5.13. The lowest BCUT2D eigenvalue weighted by atomic mass is 10.1. The van der Waals surface area contributed by atoms with Crippen molar-refractivity contribution >= 4 is 11.7 Å². The maximum absolute atomic E-state index is 10.6. The summed E-state index contributed by atoms with van der Waals surface area (Å²) in [6.07, 6.45) is 3.53. The first-order chi connectivity index (χ1) is 9.74. The predicted octanol–water partition coefficient (Wildman–Crippen LogP) is 2.51. The molecule has 0 bridgehead atoms. The van der Waals surface area contributed by atoms with Gasteiger partial charge in [0.2, 0.25) is 0 Å². The lowest BCUT2D eigenvalue weighted by Crippen LogP contribution is -2.36. The van der Waals surface area contributed by atoms with Crippen LogP contribution in [0.25, 0.3) is 0 Å². The summed E-state index contributed by atoms with van der Waals surface area (Å²) in [5.74, 6) is 0. The highest BCUT2D eigenvalue weighted by molar-refractivity contribution is 5.75. The molecule has 0 aliphatic carbocycles. The van der Waals surface area contributed by atoms with Gasteiger partial charge in [-0.1, -0.05) is 0 Å². The number of non-ortho nitro benzene ring substituents is 1. The van der Waals surface area contributed by atoms with Crippen LogP contribution in [0.5, 0.6) is 0 Å². The van der Waals surface area contributed by atoms with Gasteiger partial charge in [-0.25, -0.2) is 4.99 Å². The first kappa shape index (κ1) is 12.9. The van der Waals surface area contributed by atoms with Crippen LogP contribution in [-0.2, 0) is 4.74 Å². The maximum Gasteiger partial charge on any atom is 0.288 e. The summed E-state index contributed by atoms with van der Waals surface area (Å²) in [5.41, 5.74) is 1.04. The van der Waals surface area contributed by atoms with Gasteiger partial charge >= 0.3 is 0 Å². The summed E-state index contributed by atoms with van der Waals surface area (Å²) in [4.78, 5) is 16.9. The van der Waals surface area contributed by atoms with Gasteiger partial charge in [-0.05, 0) is 37.0 Å². The second kappa shape index (κ2) is 5.48. The number of ether oxygens (including phenoxy) is 1. The minimum absolute atomic E-state index is 0.101. The molecule has 1 aromatic rings. The molecule has 2 heterocycles. The molecule has 1 atom stereocenters. The number of amidine groups is 1. The number of hydrogen-bond acceptors (Lipinski definition) is 5. The van der Waals surface area contributed by atoms with Crippen LogP contribution in [0.3, 0.4) is 0 Å². The molecule has 0 radical (unpaired) electrons. The first-order valence-corrected chi connectivity index (χ1v) is 6.94. The number of nitro benzene ring substituents is 1. The molecular weight excluding hydrogens is 258 g/mol. The van der Waals surface area contributed by atoms with E-state index in [1.807, 2.05) is 0 Å². The van der Waals surface area contributed by atoms with Crippen LogP contribution in [-0.4, -0.2) is 35.5 Å². The summed E-state index contributed by atoms with van der Waals surface area (Å²) in [6.45, 7) is 2.60. The Hall–Kier alpha value is -2.11. The second-order valence-electron chi connectivity index (χ2n) is 5.13. The van der Waals surface area contributed by atoms with E-state index in [2.05, 4.69) is 9.89 Å². The molecule has 6 nitrogen and oxygen atoms in total. The number of aliphatic imine (C=N–C) groups is 1. The van der Waals surface area contributed by atoms with Crippen molar-refractivity contribution in [1.82, 2.24) is 4.90 Å². The van der Waals surface area contributed by atoms with E-state index in [0.717, 1.165) is 24.7 Å². The van der Waals surface area contributed by atoms with E-state index >= 15 is 0 Å². The third-order valence-electron chi connectivity index (χ3n) is 3.74. The van der Waals surface area contributed by atoms with E-state index in [4.69, 9.17) is 4.74 Å². The fourth-order valence-electron chi connectivity index (χ4n) is 2.61. The Labute approximate surface area is 117 Å². The van der Waals surface area contributed by atoms with Crippen molar-refractivity contribution in [2.45, 2.75) is 25.4 Å². The van der Waals surface area contributed by atoms with Gasteiger partial charge in [0.1, 0.15) is 6.10 Å². The summed E-state index contributed by atoms with van der Waals surface area (Å²) in [7, 11) is 0. The normalized spacial score (nSPS) is 22.3. The lowest BCUT2D eigenvalue weighted by molar-refractivity contribution is -0.384. The Kier molecular flexibility index (Phi) is 3.54. The Bertz CT molecular complexity index is 521. The number of nitro groups is 1. The van der Waals surface area contributed by atoms with Crippen LogP contribution in [0.15, 0.2) is 29.3 Å². The molecule has 1 fully saturated rings. The monoisotopic (exact) mass is 275 g/mol. The Morgan fingerprint density at radius 1 is 1.20 bits per heavy atom. The van der Waals surface area contributed by atoms with E-state index in [-0.39, 0.29) is 11.8 Å². The molecule has 0 aromatic heterocycles. The van der Waals surface area contributed by atoms with Gasteiger partial charge in [-0.15, -0.1) is 0 Å². The van der Waals surface area contributed by atoms with Crippen LogP contribution in [0.4, 0.5) is 5.69 Å². The lowest BCUT2D eigenvalue weighted by Gasteiger charge is -2.27. The van der Waals surface area contributed by atoms with Gasteiger partial charge in [0.25, 0.3) is 11.7 Å². The Morgan fingerprint density at radius 2 is 1.90 bits per heavy atom. The third-order valence-corrected chi connectivity index (χ3v) is 3.74. The molecule has 0 amide bonds. The highest BCUT2D eigenvalue weighted by atomic mass is 16.6. The van der Waals surface area contributed by atoms with Gasteiger partial charge < -0.3 is 9.64 Å². The number of hydrogen-bond donors (Lipinski definition) is 0. The van der Waals surface area contributed by atoms with Gasteiger partial charge in [-0.3, -0.25) is 10.1 Å². The number of piperidine rings is 1. The molecule has 2 aliphatic heterocycles. The van der Waals surface area contributed by atoms with Crippen molar-refractivity contribution < 1.29 is 9.66 Å².